The van der Waals surface area contributed by atoms with E-state index in [1.807, 2.05) is 29.0 Å². The molecule has 3 nitrogen and oxygen atoms in total. The Kier molecular flexibility index (Phi) is 4.39. The fourth-order valence-electron chi connectivity index (χ4n) is 2.01. The number of hydrogen-bond donors (Lipinski definition) is 0. The molecule has 3 heteroatoms. The molecule has 0 atom stereocenters. The van der Waals surface area contributed by atoms with E-state index in [4.69, 9.17) is 0 Å². The first-order valence-electron chi connectivity index (χ1n) is 6.57. The van der Waals surface area contributed by atoms with Crippen molar-refractivity contribution < 1.29 is 9.36 Å². The summed E-state index contributed by atoms with van der Waals surface area (Å²) in [5.74, 6) is 0.511. The van der Waals surface area contributed by atoms with Crippen molar-refractivity contribution in [3.63, 3.8) is 0 Å². The highest BCUT2D eigenvalue weighted by Gasteiger charge is 2.20. The Labute approximate surface area is 113 Å². The number of carbonyl (C=O) groups is 1. The Morgan fingerprint density at radius 1 is 1.26 bits per heavy atom. The summed E-state index contributed by atoms with van der Waals surface area (Å²) in [7, 11) is 0. The van der Waals surface area contributed by atoms with Crippen LogP contribution in [-0.2, 0) is 6.54 Å². The largest absolute Gasteiger partial charge is 0.287 e. The first kappa shape index (κ1) is 13.4. The Morgan fingerprint density at radius 3 is 2.68 bits per heavy atom. The molecule has 0 fully saturated rings. The Morgan fingerprint density at radius 2 is 2.00 bits per heavy atom. The molecule has 0 amide bonds. The molecule has 0 spiro atoms. The molecular weight excluding hydrogens is 236 g/mol. The van der Waals surface area contributed by atoms with Crippen LogP contribution in [0.3, 0.4) is 0 Å². The summed E-state index contributed by atoms with van der Waals surface area (Å²) in [6, 6.07) is 10.1. The maximum Gasteiger partial charge on any atom is 0.267 e. The van der Waals surface area contributed by atoms with E-state index in [2.05, 4.69) is 31.0 Å². The van der Waals surface area contributed by atoms with Crippen molar-refractivity contribution in [2.75, 3.05) is 0 Å². The summed E-state index contributed by atoms with van der Waals surface area (Å²) in [4.78, 5) is 16.3. The number of Topliss-reactive ketones (excluding diaryl/α,β-unsaturated/α-hetero) is 1. The van der Waals surface area contributed by atoms with Gasteiger partial charge in [0.2, 0.25) is 5.78 Å². The second-order valence-corrected chi connectivity index (χ2v) is 5.10. The van der Waals surface area contributed by atoms with Crippen molar-refractivity contribution in [3.8, 4) is 0 Å². The molecule has 2 rings (SSSR count). The van der Waals surface area contributed by atoms with Crippen LogP contribution in [0.25, 0.3) is 0 Å². The van der Waals surface area contributed by atoms with Gasteiger partial charge in [0.25, 0.3) is 5.69 Å². The molecule has 0 unspecified atom stereocenters. The fraction of sp³-hybridized carbons (Fsp3) is 0.312. The van der Waals surface area contributed by atoms with Gasteiger partial charge in [-0.15, -0.1) is 0 Å². The van der Waals surface area contributed by atoms with Gasteiger partial charge in [-0.1, -0.05) is 44.2 Å². The minimum absolute atomic E-state index is 0.152. The fourth-order valence-corrected chi connectivity index (χ4v) is 2.01. The number of hydrogen-bond acceptors (Lipinski definition) is 2. The first-order valence-corrected chi connectivity index (χ1v) is 6.57. The monoisotopic (exact) mass is 255 g/mol. The van der Waals surface area contributed by atoms with Gasteiger partial charge in [-0.2, -0.15) is 4.57 Å². The summed E-state index contributed by atoms with van der Waals surface area (Å²) >= 11 is 0. The second kappa shape index (κ2) is 6.23. The van der Waals surface area contributed by atoms with Crippen LogP contribution in [0.4, 0.5) is 0 Å². The van der Waals surface area contributed by atoms with Gasteiger partial charge < -0.3 is 0 Å². The molecular formula is C16H19N2O+. The van der Waals surface area contributed by atoms with Crippen LogP contribution in [0.15, 0.2) is 48.9 Å². The van der Waals surface area contributed by atoms with E-state index in [1.165, 1.54) is 5.56 Å². The summed E-state index contributed by atoms with van der Waals surface area (Å²) in [6.07, 6.45) is 5.80. The van der Waals surface area contributed by atoms with Crippen molar-refractivity contribution in [1.29, 1.82) is 0 Å². The number of benzene rings is 1. The Bertz CT molecular complexity index is 550. The predicted octanol–water partition coefficient (Wildman–Crippen LogP) is 2.65. The molecule has 2 aromatic rings. The summed E-state index contributed by atoms with van der Waals surface area (Å²) < 4.78 is 1.97. The quantitative estimate of drug-likeness (QED) is 0.608. The highest BCUT2D eigenvalue weighted by Crippen LogP contribution is 2.06. The molecule has 0 saturated heterocycles. The summed E-state index contributed by atoms with van der Waals surface area (Å²) in [6.45, 7) is 4.80. The van der Waals surface area contributed by atoms with Crippen molar-refractivity contribution in [2.45, 2.75) is 26.8 Å². The molecule has 0 bridgehead atoms. The molecule has 0 N–H and O–H groups in total. The van der Waals surface area contributed by atoms with Gasteiger partial charge in [-0.05, 0) is 5.92 Å². The van der Waals surface area contributed by atoms with Crippen LogP contribution in [0.1, 0.15) is 36.3 Å². The van der Waals surface area contributed by atoms with E-state index >= 15 is 0 Å². The molecule has 98 valence electrons. The zero-order valence-corrected chi connectivity index (χ0v) is 11.4. The van der Waals surface area contributed by atoms with Crippen LogP contribution < -0.4 is 4.57 Å². The number of aromatic nitrogens is 2. The van der Waals surface area contributed by atoms with E-state index < -0.39 is 0 Å². The van der Waals surface area contributed by atoms with Crippen LogP contribution in [0.5, 0.6) is 0 Å². The van der Waals surface area contributed by atoms with Gasteiger partial charge in [-0.25, -0.2) is 0 Å². The second-order valence-electron chi connectivity index (χ2n) is 5.10. The van der Waals surface area contributed by atoms with Crippen molar-refractivity contribution >= 4 is 5.78 Å². The molecule has 19 heavy (non-hydrogen) atoms. The summed E-state index contributed by atoms with van der Waals surface area (Å²) in [5.41, 5.74) is 1.86. The third kappa shape index (κ3) is 3.71. The summed E-state index contributed by atoms with van der Waals surface area (Å²) in [5, 5.41) is 0. The predicted molar refractivity (Wildman–Crippen MR) is 73.8 cm³/mol. The number of nitrogens with zero attached hydrogens (tertiary/aromatic N) is 2. The lowest BCUT2D eigenvalue weighted by molar-refractivity contribution is -0.690. The average molecular weight is 255 g/mol. The van der Waals surface area contributed by atoms with Gasteiger partial charge in [0.1, 0.15) is 6.20 Å². The minimum Gasteiger partial charge on any atom is -0.287 e. The van der Waals surface area contributed by atoms with E-state index in [9.17, 15) is 4.79 Å². The zero-order valence-electron chi connectivity index (χ0n) is 11.4. The van der Waals surface area contributed by atoms with Gasteiger partial charge in [0.15, 0.2) is 12.7 Å². The molecule has 1 aromatic heterocycles. The van der Waals surface area contributed by atoms with Crippen LogP contribution >= 0.6 is 0 Å². The Balaban J connectivity index is 2.24. The van der Waals surface area contributed by atoms with Gasteiger partial charge >= 0.3 is 0 Å². The molecule has 0 aliphatic rings. The average Bonchev–Trinajstić information content (AvgIpc) is 2.39. The van der Waals surface area contributed by atoms with Gasteiger partial charge in [0.05, 0.1) is 6.20 Å². The van der Waals surface area contributed by atoms with Crippen LogP contribution in [0, 0.1) is 5.92 Å². The van der Waals surface area contributed by atoms with Crippen molar-refractivity contribution in [3.05, 3.63) is 60.2 Å². The lowest BCUT2D eigenvalue weighted by atomic mass is 10.1. The lowest BCUT2D eigenvalue weighted by Gasteiger charge is -2.04. The maximum absolute atomic E-state index is 12.2. The zero-order chi connectivity index (χ0) is 13.7. The SMILES string of the molecule is CC(C)CC(=O)c1cncc[n+]1Cc1ccccc1. The third-order valence-electron chi connectivity index (χ3n) is 2.91. The minimum atomic E-state index is 0.152. The van der Waals surface area contributed by atoms with Gasteiger partial charge in [-0.3, -0.25) is 9.78 Å². The lowest BCUT2D eigenvalue weighted by Crippen LogP contribution is -2.41. The molecule has 0 radical (unpaired) electrons. The molecule has 1 aromatic carbocycles. The van der Waals surface area contributed by atoms with Crippen molar-refractivity contribution in [2.24, 2.45) is 5.92 Å². The van der Waals surface area contributed by atoms with Gasteiger partial charge in [0, 0.05) is 12.0 Å². The smallest absolute Gasteiger partial charge is 0.267 e. The molecule has 0 saturated carbocycles. The highest BCUT2D eigenvalue weighted by molar-refractivity contribution is 5.92. The Hall–Kier alpha value is -2.03. The van der Waals surface area contributed by atoms with E-state index in [-0.39, 0.29) is 5.78 Å². The molecule has 0 aliphatic carbocycles. The third-order valence-corrected chi connectivity index (χ3v) is 2.91. The van der Waals surface area contributed by atoms with E-state index in [1.54, 1.807) is 12.4 Å². The van der Waals surface area contributed by atoms with E-state index in [0.717, 1.165) is 0 Å². The normalized spacial score (nSPS) is 10.7. The standard InChI is InChI=1S/C16H19N2O/c1-13(2)10-16(19)15-11-17-8-9-18(15)12-14-6-4-3-5-7-14/h3-9,11,13H,10,12H2,1-2H3/q+1. The highest BCUT2D eigenvalue weighted by atomic mass is 16.1. The maximum atomic E-state index is 12.2. The van der Waals surface area contributed by atoms with E-state index in [0.29, 0.717) is 24.6 Å². The number of rotatable bonds is 5. The molecule has 0 aliphatic heterocycles. The first-order chi connectivity index (χ1) is 9.16. The number of carbonyl (C=O) groups excluding carboxylic acids is 1. The topological polar surface area (TPSA) is 33.8 Å². The van der Waals surface area contributed by atoms with Crippen molar-refractivity contribution in [1.82, 2.24) is 4.98 Å². The van der Waals surface area contributed by atoms with Crippen LogP contribution in [0.2, 0.25) is 0 Å². The number of ketones is 1. The van der Waals surface area contributed by atoms with Crippen LogP contribution in [-0.4, -0.2) is 10.8 Å². The molecule has 1 heterocycles.